The Balaban J connectivity index is 1.07. The fraction of sp³-hybridized carbons (Fsp3) is 0. The molecule has 0 amide bonds. The van der Waals surface area contributed by atoms with Crippen LogP contribution >= 0.6 is 0 Å². The van der Waals surface area contributed by atoms with Crippen molar-refractivity contribution in [3.05, 3.63) is 169 Å². The summed E-state index contributed by atoms with van der Waals surface area (Å²) in [7, 11) is 0. The molecular formula is C42H28. The van der Waals surface area contributed by atoms with Crippen LogP contribution in [-0.4, -0.2) is 0 Å². The monoisotopic (exact) mass is 532 g/mol. The minimum absolute atomic E-state index is 1.20. The van der Waals surface area contributed by atoms with Crippen LogP contribution in [0.5, 0.6) is 0 Å². The molecule has 0 bridgehead atoms. The van der Waals surface area contributed by atoms with E-state index < -0.39 is 0 Å². The first-order valence-corrected chi connectivity index (χ1v) is 14.5. The lowest BCUT2D eigenvalue weighted by atomic mass is 9.95. The van der Waals surface area contributed by atoms with E-state index in [1.807, 2.05) is 0 Å². The molecule has 8 aromatic rings. The third-order valence-corrected chi connectivity index (χ3v) is 8.40. The third-order valence-electron chi connectivity index (χ3n) is 8.40. The molecule has 0 N–H and O–H groups in total. The predicted molar refractivity (Wildman–Crippen MR) is 183 cm³/mol. The Kier molecular flexibility index (Phi) is 5.90. The number of hydrogen-bond acceptors (Lipinski definition) is 0. The lowest BCUT2D eigenvalue weighted by Gasteiger charge is -2.09. The van der Waals surface area contributed by atoms with Crippen molar-refractivity contribution in [1.82, 2.24) is 0 Å². The largest absolute Gasteiger partial charge is 0.0616 e. The summed E-state index contributed by atoms with van der Waals surface area (Å²) in [5.74, 6) is 0. The molecule has 0 radical (unpaired) electrons. The van der Waals surface area contributed by atoms with Crippen molar-refractivity contribution in [2.24, 2.45) is 0 Å². The maximum atomic E-state index is 2.31. The van der Waals surface area contributed by atoms with Gasteiger partial charge in [0.1, 0.15) is 0 Å². The minimum Gasteiger partial charge on any atom is -0.0616 e. The van der Waals surface area contributed by atoms with Gasteiger partial charge in [-0.25, -0.2) is 0 Å². The van der Waals surface area contributed by atoms with E-state index >= 15 is 0 Å². The fourth-order valence-corrected chi connectivity index (χ4v) is 6.22. The van der Waals surface area contributed by atoms with Crippen molar-refractivity contribution in [1.29, 1.82) is 0 Å². The Labute approximate surface area is 245 Å². The highest BCUT2D eigenvalue weighted by atomic mass is 14.1. The lowest BCUT2D eigenvalue weighted by molar-refractivity contribution is 1.66. The second kappa shape index (κ2) is 10.2. The van der Waals surface area contributed by atoms with Gasteiger partial charge in [0.05, 0.1) is 0 Å². The molecule has 0 nitrogen and oxygen atoms in total. The molecular weight excluding hydrogens is 504 g/mol. The molecule has 0 saturated carbocycles. The van der Waals surface area contributed by atoms with Gasteiger partial charge >= 0.3 is 0 Å². The summed E-state index contributed by atoms with van der Waals surface area (Å²) < 4.78 is 0. The molecule has 0 saturated heterocycles. The van der Waals surface area contributed by atoms with E-state index in [9.17, 15) is 0 Å². The summed E-state index contributed by atoms with van der Waals surface area (Å²) in [6.45, 7) is 0. The molecule has 0 spiro atoms. The van der Waals surface area contributed by atoms with Crippen LogP contribution in [0.2, 0.25) is 0 Å². The van der Waals surface area contributed by atoms with E-state index in [0.717, 1.165) is 0 Å². The first-order valence-electron chi connectivity index (χ1n) is 14.5. The van der Waals surface area contributed by atoms with Gasteiger partial charge in [-0.15, -0.1) is 0 Å². The Morgan fingerprint density at radius 1 is 0.286 bits per heavy atom. The Morgan fingerprint density at radius 3 is 1.19 bits per heavy atom. The topological polar surface area (TPSA) is 0 Å². The first kappa shape index (κ1) is 24.3. The molecule has 0 aromatic heterocycles. The van der Waals surface area contributed by atoms with Crippen molar-refractivity contribution in [3.63, 3.8) is 0 Å². The summed E-state index contributed by atoms with van der Waals surface area (Å²) in [5, 5.41) is 10.1. The Morgan fingerprint density at radius 2 is 0.690 bits per heavy atom. The van der Waals surface area contributed by atoms with Gasteiger partial charge in [0.2, 0.25) is 0 Å². The van der Waals surface area contributed by atoms with Gasteiger partial charge < -0.3 is 0 Å². The average Bonchev–Trinajstić information content (AvgIpc) is 3.06. The van der Waals surface area contributed by atoms with Gasteiger partial charge in [-0.3, -0.25) is 0 Å². The van der Waals surface area contributed by atoms with E-state index in [0.29, 0.717) is 0 Å². The molecule has 0 fully saturated rings. The number of benzene rings is 8. The molecule has 0 heterocycles. The smallest absolute Gasteiger partial charge is 0.0105 e. The van der Waals surface area contributed by atoms with Crippen LogP contribution in [0, 0.1) is 0 Å². The van der Waals surface area contributed by atoms with Gasteiger partial charge in [-0.05, 0) is 101 Å². The third kappa shape index (κ3) is 4.44. The van der Waals surface area contributed by atoms with E-state index in [-0.39, 0.29) is 0 Å². The SMILES string of the molecule is C(=Cc1ccc2cc(-c3cccc4ccccc34)ccc2c1)c1ccc2cc(-c3cccc4ccccc34)ccc2c1. The zero-order chi connectivity index (χ0) is 27.9. The summed E-state index contributed by atoms with van der Waals surface area (Å²) in [5.41, 5.74) is 7.46. The Bertz CT molecular complexity index is 2130. The highest BCUT2D eigenvalue weighted by molar-refractivity contribution is 6.01. The molecule has 0 aliphatic rings. The molecule has 0 heteroatoms. The lowest BCUT2D eigenvalue weighted by Crippen LogP contribution is -1.83. The van der Waals surface area contributed by atoms with Crippen LogP contribution in [0.1, 0.15) is 11.1 Å². The van der Waals surface area contributed by atoms with Crippen molar-refractivity contribution < 1.29 is 0 Å². The molecule has 42 heavy (non-hydrogen) atoms. The number of hydrogen-bond donors (Lipinski definition) is 0. The van der Waals surface area contributed by atoms with E-state index in [1.165, 1.54) is 76.5 Å². The van der Waals surface area contributed by atoms with Crippen LogP contribution in [0.15, 0.2) is 158 Å². The maximum absolute atomic E-state index is 2.31. The summed E-state index contributed by atoms with van der Waals surface area (Å²) in [4.78, 5) is 0. The van der Waals surface area contributed by atoms with Crippen molar-refractivity contribution in [2.45, 2.75) is 0 Å². The van der Waals surface area contributed by atoms with Crippen LogP contribution < -0.4 is 0 Å². The average molecular weight is 533 g/mol. The van der Waals surface area contributed by atoms with Gasteiger partial charge in [0.25, 0.3) is 0 Å². The summed E-state index contributed by atoms with van der Waals surface area (Å²) in [6, 6.07) is 57.3. The summed E-state index contributed by atoms with van der Waals surface area (Å²) in [6.07, 6.45) is 4.42. The minimum atomic E-state index is 1.20. The molecule has 196 valence electrons. The van der Waals surface area contributed by atoms with Crippen molar-refractivity contribution >= 4 is 55.2 Å². The van der Waals surface area contributed by atoms with Crippen LogP contribution in [-0.2, 0) is 0 Å². The standard InChI is InChI=1S/C42H28/c1-3-11-39-31(7-1)9-5-13-41(39)37-23-21-33-25-29(17-19-35(33)27-37)15-16-30-18-20-36-28-38(24-22-34(36)26-30)42-14-6-10-32-8-2-4-12-40(32)42/h1-28H. The maximum Gasteiger partial charge on any atom is -0.0105 e. The van der Waals surface area contributed by atoms with Crippen LogP contribution in [0.3, 0.4) is 0 Å². The molecule has 0 atom stereocenters. The van der Waals surface area contributed by atoms with Gasteiger partial charge in [0.15, 0.2) is 0 Å². The van der Waals surface area contributed by atoms with Crippen LogP contribution in [0.25, 0.3) is 77.5 Å². The zero-order valence-electron chi connectivity index (χ0n) is 23.2. The Hall–Kier alpha value is -5.46. The molecule has 8 rings (SSSR count). The number of rotatable bonds is 4. The highest BCUT2D eigenvalue weighted by Gasteiger charge is 2.06. The summed E-state index contributed by atoms with van der Waals surface area (Å²) >= 11 is 0. The molecule has 0 unspecified atom stereocenters. The quantitative estimate of drug-likeness (QED) is 0.198. The second-order valence-corrected chi connectivity index (χ2v) is 11.0. The van der Waals surface area contributed by atoms with E-state index in [2.05, 4.69) is 170 Å². The zero-order valence-corrected chi connectivity index (χ0v) is 23.2. The highest BCUT2D eigenvalue weighted by Crippen LogP contribution is 2.33. The van der Waals surface area contributed by atoms with Crippen molar-refractivity contribution in [2.75, 3.05) is 0 Å². The van der Waals surface area contributed by atoms with E-state index in [4.69, 9.17) is 0 Å². The normalized spacial score (nSPS) is 11.7. The molecule has 0 aliphatic carbocycles. The van der Waals surface area contributed by atoms with Gasteiger partial charge in [0, 0.05) is 0 Å². The predicted octanol–water partition coefficient (Wildman–Crippen LogP) is 11.8. The fourth-order valence-electron chi connectivity index (χ4n) is 6.22. The second-order valence-electron chi connectivity index (χ2n) is 11.0. The van der Waals surface area contributed by atoms with E-state index in [1.54, 1.807) is 0 Å². The van der Waals surface area contributed by atoms with Gasteiger partial charge in [-0.1, -0.05) is 146 Å². The van der Waals surface area contributed by atoms with Crippen LogP contribution in [0.4, 0.5) is 0 Å². The molecule has 0 aliphatic heterocycles. The molecule has 8 aromatic carbocycles. The van der Waals surface area contributed by atoms with Crippen molar-refractivity contribution in [3.8, 4) is 22.3 Å². The number of fused-ring (bicyclic) bond motifs is 4. The first-order chi connectivity index (χ1) is 20.8. The van der Waals surface area contributed by atoms with Gasteiger partial charge in [-0.2, -0.15) is 0 Å².